The number of hydrogen-bond donors (Lipinski definition) is 2. The van der Waals surface area contributed by atoms with Crippen LogP contribution in [0.5, 0.6) is 0 Å². The van der Waals surface area contributed by atoms with E-state index in [9.17, 15) is 18.7 Å². The van der Waals surface area contributed by atoms with E-state index in [1.165, 1.54) is 0 Å². The topological polar surface area (TPSA) is 57.5 Å². The summed E-state index contributed by atoms with van der Waals surface area (Å²) in [6.07, 6.45) is 2.48. The van der Waals surface area contributed by atoms with Crippen molar-refractivity contribution in [1.29, 1.82) is 0 Å². The van der Waals surface area contributed by atoms with Crippen molar-refractivity contribution < 1.29 is 23.8 Å². The van der Waals surface area contributed by atoms with E-state index in [1.807, 2.05) is 0 Å². The zero-order valence-electron chi connectivity index (χ0n) is 7.96. The monoisotopic (exact) mass is 208 g/mol. The standard InChI is InChI=1S/C9H14F2O3/c1-8(14,6-4-2-3-5-6)9(10,11)7(12)13/h6,14H,2-5H2,1H3,(H,12,13). The first-order chi connectivity index (χ1) is 6.30. The molecule has 0 spiro atoms. The molecule has 1 aliphatic rings. The number of aliphatic hydroxyl groups is 1. The van der Waals surface area contributed by atoms with Gasteiger partial charge in [0.05, 0.1) is 0 Å². The molecule has 1 atom stereocenters. The molecule has 2 N–H and O–H groups in total. The first kappa shape index (κ1) is 11.4. The van der Waals surface area contributed by atoms with E-state index in [4.69, 9.17) is 5.11 Å². The van der Waals surface area contributed by atoms with Crippen LogP contribution in [0.3, 0.4) is 0 Å². The summed E-state index contributed by atoms with van der Waals surface area (Å²) in [5.41, 5.74) is -2.44. The quantitative estimate of drug-likeness (QED) is 0.741. The van der Waals surface area contributed by atoms with Gasteiger partial charge in [-0.2, -0.15) is 8.78 Å². The summed E-state index contributed by atoms with van der Waals surface area (Å²) in [6.45, 7) is 0.914. The SMILES string of the molecule is CC(O)(C1CCCC1)C(F)(F)C(=O)O. The molecule has 0 amide bonds. The normalized spacial score (nSPS) is 23.4. The van der Waals surface area contributed by atoms with Crippen LogP contribution in [-0.4, -0.2) is 27.7 Å². The Morgan fingerprint density at radius 2 is 1.79 bits per heavy atom. The lowest BCUT2D eigenvalue weighted by Crippen LogP contribution is -2.55. The molecule has 1 aliphatic carbocycles. The Morgan fingerprint density at radius 1 is 1.36 bits per heavy atom. The molecule has 1 saturated carbocycles. The number of carbonyl (C=O) groups is 1. The summed E-state index contributed by atoms with van der Waals surface area (Å²) in [5.74, 6) is -6.94. The molecular weight excluding hydrogens is 194 g/mol. The minimum atomic E-state index is -4.07. The van der Waals surface area contributed by atoms with Gasteiger partial charge in [-0.3, -0.25) is 0 Å². The van der Waals surface area contributed by atoms with Gasteiger partial charge in [0, 0.05) is 0 Å². The van der Waals surface area contributed by atoms with Gasteiger partial charge in [0.1, 0.15) is 5.60 Å². The van der Waals surface area contributed by atoms with Crippen LogP contribution in [0, 0.1) is 5.92 Å². The van der Waals surface area contributed by atoms with Gasteiger partial charge in [-0.15, -0.1) is 0 Å². The van der Waals surface area contributed by atoms with Crippen molar-refractivity contribution in [3.8, 4) is 0 Å². The molecule has 0 aromatic rings. The smallest absolute Gasteiger partial charge is 0.377 e. The minimum absolute atomic E-state index is 0.468. The fraction of sp³-hybridized carbons (Fsp3) is 0.889. The Hall–Kier alpha value is -0.710. The summed E-state index contributed by atoms with van der Waals surface area (Å²) >= 11 is 0. The van der Waals surface area contributed by atoms with Crippen LogP contribution in [0.25, 0.3) is 0 Å². The fourth-order valence-corrected chi connectivity index (χ4v) is 1.96. The Labute approximate surface area is 80.7 Å². The van der Waals surface area contributed by atoms with Crippen molar-refractivity contribution in [2.24, 2.45) is 5.92 Å². The van der Waals surface area contributed by atoms with E-state index in [1.54, 1.807) is 0 Å². The van der Waals surface area contributed by atoms with E-state index in [0.717, 1.165) is 19.8 Å². The molecule has 0 radical (unpaired) electrons. The van der Waals surface area contributed by atoms with Gasteiger partial charge in [-0.1, -0.05) is 12.8 Å². The summed E-state index contributed by atoms with van der Waals surface area (Å²) in [6, 6.07) is 0. The van der Waals surface area contributed by atoms with Gasteiger partial charge in [0.25, 0.3) is 0 Å². The molecule has 82 valence electrons. The van der Waals surface area contributed by atoms with Gasteiger partial charge in [0.2, 0.25) is 0 Å². The summed E-state index contributed by atoms with van der Waals surface area (Å²) in [4.78, 5) is 10.3. The molecule has 0 bridgehead atoms. The maximum atomic E-state index is 13.1. The first-order valence-corrected chi connectivity index (χ1v) is 4.63. The van der Waals surface area contributed by atoms with E-state index in [0.29, 0.717) is 12.8 Å². The molecule has 14 heavy (non-hydrogen) atoms. The lowest BCUT2D eigenvalue weighted by molar-refractivity contribution is -0.216. The average Bonchev–Trinajstić information content (AvgIpc) is 2.55. The molecule has 1 fully saturated rings. The molecule has 5 heteroatoms. The Kier molecular flexibility index (Phi) is 2.81. The van der Waals surface area contributed by atoms with Crippen LogP contribution >= 0.6 is 0 Å². The summed E-state index contributed by atoms with van der Waals surface area (Å²) in [5, 5.41) is 17.9. The van der Waals surface area contributed by atoms with Gasteiger partial charge < -0.3 is 10.2 Å². The van der Waals surface area contributed by atoms with Crippen LogP contribution < -0.4 is 0 Å². The second-order valence-electron chi connectivity index (χ2n) is 4.01. The minimum Gasteiger partial charge on any atom is -0.477 e. The van der Waals surface area contributed by atoms with Crippen molar-refractivity contribution in [3.63, 3.8) is 0 Å². The number of alkyl halides is 2. The highest BCUT2D eigenvalue weighted by atomic mass is 19.3. The van der Waals surface area contributed by atoms with Crippen molar-refractivity contribution in [1.82, 2.24) is 0 Å². The van der Waals surface area contributed by atoms with Gasteiger partial charge in [-0.05, 0) is 25.7 Å². The van der Waals surface area contributed by atoms with Crippen molar-refractivity contribution in [2.45, 2.75) is 44.1 Å². The maximum absolute atomic E-state index is 13.1. The Morgan fingerprint density at radius 3 is 2.14 bits per heavy atom. The third kappa shape index (κ3) is 1.61. The zero-order chi connectivity index (χ0) is 11.0. The van der Waals surface area contributed by atoms with Crippen molar-refractivity contribution in [2.75, 3.05) is 0 Å². The van der Waals surface area contributed by atoms with E-state index < -0.39 is 23.4 Å². The fourth-order valence-electron chi connectivity index (χ4n) is 1.96. The number of carboxylic acid groups (broad SMARTS) is 1. The van der Waals surface area contributed by atoms with Crippen LogP contribution in [0.2, 0.25) is 0 Å². The molecule has 1 unspecified atom stereocenters. The number of carboxylic acids is 1. The molecular formula is C9H14F2O3. The van der Waals surface area contributed by atoms with Crippen LogP contribution in [0.1, 0.15) is 32.6 Å². The maximum Gasteiger partial charge on any atom is 0.377 e. The predicted molar refractivity (Wildman–Crippen MR) is 45.2 cm³/mol. The molecule has 0 aliphatic heterocycles. The van der Waals surface area contributed by atoms with Gasteiger partial charge >= 0.3 is 11.9 Å². The molecule has 3 nitrogen and oxygen atoms in total. The van der Waals surface area contributed by atoms with Crippen molar-refractivity contribution >= 4 is 5.97 Å². The van der Waals surface area contributed by atoms with E-state index in [2.05, 4.69) is 0 Å². The second-order valence-corrected chi connectivity index (χ2v) is 4.01. The average molecular weight is 208 g/mol. The molecule has 0 aromatic carbocycles. The third-order valence-electron chi connectivity index (χ3n) is 3.05. The molecule has 1 rings (SSSR count). The highest BCUT2D eigenvalue weighted by Crippen LogP contribution is 2.42. The Balaban J connectivity index is 2.86. The largest absolute Gasteiger partial charge is 0.477 e. The summed E-state index contributed by atoms with van der Waals surface area (Å²) < 4.78 is 26.3. The number of halogens is 2. The van der Waals surface area contributed by atoms with Gasteiger partial charge in [-0.25, -0.2) is 4.79 Å². The highest BCUT2D eigenvalue weighted by Gasteiger charge is 2.59. The van der Waals surface area contributed by atoms with E-state index in [-0.39, 0.29) is 0 Å². The number of hydrogen-bond acceptors (Lipinski definition) is 2. The van der Waals surface area contributed by atoms with Gasteiger partial charge in [0.15, 0.2) is 0 Å². The molecule has 0 aromatic heterocycles. The number of rotatable bonds is 3. The van der Waals surface area contributed by atoms with Crippen LogP contribution in [0.4, 0.5) is 8.78 Å². The third-order valence-corrected chi connectivity index (χ3v) is 3.05. The molecule has 0 heterocycles. The highest BCUT2D eigenvalue weighted by molar-refractivity contribution is 5.77. The predicted octanol–water partition coefficient (Wildman–Crippen LogP) is 1.65. The zero-order valence-corrected chi connectivity index (χ0v) is 7.96. The molecule has 0 saturated heterocycles. The van der Waals surface area contributed by atoms with Crippen LogP contribution in [0.15, 0.2) is 0 Å². The first-order valence-electron chi connectivity index (χ1n) is 4.63. The lowest BCUT2D eigenvalue weighted by atomic mass is 9.82. The Bertz CT molecular complexity index is 232. The van der Waals surface area contributed by atoms with E-state index >= 15 is 0 Å². The van der Waals surface area contributed by atoms with Crippen LogP contribution in [-0.2, 0) is 4.79 Å². The van der Waals surface area contributed by atoms with Crippen molar-refractivity contribution in [3.05, 3.63) is 0 Å². The number of aliphatic carboxylic acids is 1. The summed E-state index contributed by atoms with van der Waals surface area (Å²) in [7, 11) is 0. The lowest BCUT2D eigenvalue weighted by Gasteiger charge is -2.34. The second kappa shape index (κ2) is 3.46.